The van der Waals surface area contributed by atoms with Crippen molar-refractivity contribution in [3.63, 3.8) is 0 Å². The van der Waals surface area contributed by atoms with Crippen molar-refractivity contribution in [3.8, 4) is 17.2 Å². The number of ether oxygens (including phenoxy) is 4. The second-order valence-corrected chi connectivity index (χ2v) is 6.62. The Kier molecular flexibility index (Phi) is 9.16. The molecule has 0 radical (unpaired) electrons. The molecule has 2 rings (SSSR count). The third-order valence-electron chi connectivity index (χ3n) is 4.82. The van der Waals surface area contributed by atoms with Crippen molar-refractivity contribution in [2.24, 2.45) is 4.99 Å². The lowest BCUT2D eigenvalue weighted by Crippen LogP contribution is -2.52. The predicted octanol–water partition coefficient (Wildman–Crippen LogP) is 1.44. The molecule has 1 aliphatic heterocycles. The first-order valence-electron chi connectivity index (χ1n) is 9.62. The Morgan fingerprint density at radius 2 is 1.64 bits per heavy atom. The van der Waals surface area contributed by atoms with Crippen LogP contribution in [0.3, 0.4) is 0 Å². The number of guanidine groups is 1. The smallest absolute Gasteiger partial charge is 0.203 e. The predicted molar refractivity (Wildman–Crippen MR) is 111 cm³/mol. The zero-order chi connectivity index (χ0) is 20.4. The molecule has 8 heteroatoms. The Bertz CT molecular complexity index is 606. The van der Waals surface area contributed by atoms with Gasteiger partial charge in [-0.25, -0.2) is 0 Å². The molecule has 1 heterocycles. The van der Waals surface area contributed by atoms with Crippen molar-refractivity contribution in [1.82, 2.24) is 15.1 Å². The summed E-state index contributed by atoms with van der Waals surface area (Å²) >= 11 is 0. The monoisotopic (exact) mass is 394 g/mol. The number of nitrogens with zero attached hydrogens (tertiary/aromatic N) is 3. The summed E-state index contributed by atoms with van der Waals surface area (Å²) < 4.78 is 21.4. The van der Waals surface area contributed by atoms with E-state index in [1.165, 1.54) is 0 Å². The van der Waals surface area contributed by atoms with Crippen LogP contribution in [0.2, 0.25) is 0 Å². The maximum Gasteiger partial charge on any atom is 0.203 e. The number of hydrogen-bond acceptors (Lipinski definition) is 6. The lowest BCUT2D eigenvalue weighted by atomic mass is 10.1. The second kappa shape index (κ2) is 11.6. The van der Waals surface area contributed by atoms with E-state index in [9.17, 15) is 0 Å². The minimum absolute atomic E-state index is 0.627. The van der Waals surface area contributed by atoms with Crippen molar-refractivity contribution in [2.45, 2.75) is 13.0 Å². The second-order valence-electron chi connectivity index (χ2n) is 6.62. The molecule has 1 aromatic carbocycles. The lowest BCUT2D eigenvalue weighted by Gasteiger charge is -2.36. The topological polar surface area (TPSA) is 67.8 Å². The molecular weight excluding hydrogens is 360 g/mol. The Hall–Kier alpha value is -2.19. The van der Waals surface area contributed by atoms with Gasteiger partial charge in [-0.05, 0) is 24.1 Å². The zero-order valence-corrected chi connectivity index (χ0v) is 17.8. The lowest BCUT2D eigenvalue weighted by molar-refractivity contribution is 0.171. The summed E-state index contributed by atoms with van der Waals surface area (Å²) in [5, 5.41) is 3.41. The summed E-state index contributed by atoms with van der Waals surface area (Å²) in [4.78, 5) is 9.14. The number of hydrogen-bond donors (Lipinski definition) is 1. The molecule has 28 heavy (non-hydrogen) atoms. The summed E-state index contributed by atoms with van der Waals surface area (Å²) in [6.45, 7) is 6.27. The van der Waals surface area contributed by atoms with E-state index in [1.54, 1.807) is 28.4 Å². The number of benzene rings is 1. The van der Waals surface area contributed by atoms with E-state index in [4.69, 9.17) is 18.9 Å². The van der Waals surface area contributed by atoms with Gasteiger partial charge in [0.2, 0.25) is 5.75 Å². The largest absolute Gasteiger partial charge is 0.493 e. The molecule has 8 nitrogen and oxygen atoms in total. The average molecular weight is 395 g/mol. The van der Waals surface area contributed by atoms with Crippen LogP contribution in [0.5, 0.6) is 17.2 Å². The molecule has 0 bridgehead atoms. The SMILES string of the molecule is CN=C(NCCCOC)N1CCN(Cc2cc(OC)c(OC)c(OC)c2)CC1. The third-order valence-corrected chi connectivity index (χ3v) is 4.82. The van der Waals surface area contributed by atoms with Gasteiger partial charge in [0.05, 0.1) is 21.3 Å². The fraction of sp³-hybridized carbons (Fsp3) is 0.650. The van der Waals surface area contributed by atoms with Crippen LogP contribution in [0.15, 0.2) is 17.1 Å². The first-order valence-corrected chi connectivity index (χ1v) is 9.62. The highest BCUT2D eigenvalue weighted by Gasteiger charge is 2.21. The molecule has 0 aromatic heterocycles. The molecule has 1 fully saturated rings. The van der Waals surface area contributed by atoms with Gasteiger partial charge in [-0.1, -0.05) is 0 Å². The van der Waals surface area contributed by atoms with Gasteiger partial charge in [0.25, 0.3) is 0 Å². The quantitative estimate of drug-likeness (QED) is 0.386. The Labute approximate surface area is 168 Å². The summed E-state index contributed by atoms with van der Waals surface area (Å²) in [5.41, 5.74) is 1.14. The fourth-order valence-corrected chi connectivity index (χ4v) is 3.35. The molecule has 0 atom stereocenters. The summed E-state index contributed by atoms with van der Waals surface area (Å²) in [5.74, 6) is 2.97. The van der Waals surface area contributed by atoms with Crippen LogP contribution in [-0.4, -0.2) is 90.6 Å². The van der Waals surface area contributed by atoms with Crippen molar-refractivity contribution in [3.05, 3.63) is 17.7 Å². The van der Waals surface area contributed by atoms with Crippen LogP contribution < -0.4 is 19.5 Å². The van der Waals surface area contributed by atoms with Crippen molar-refractivity contribution in [1.29, 1.82) is 0 Å². The molecule has 1 aliphatic rings. The van der Waals surface area contributed by atoms with Crippen LogP contribution in [0, 0.1) is 0 Å². The Morgan fingerprint density at radius 3 is 2.14 bits per heavy atom. The van der Waals surface area contributed by atoms with Gasteiger partial charge in [0.15, 0.2) is 17.5 Å². The number of aliphatic imine (C=N–C) groups is 1. The van der Waals surface area contributed by atoms with E-state index in [0.717, 1.165) is 63.8 Å². The molecule has 0 amide bonds. The van der Waals surface area contributed by atoms with Crippen LogP contribution in [0.1, 0.15) is 12.0 Å². The third kappa shape index (κ3) is 5.90. The molecule has 1 aromatic rings. The van der Waals surface area contributed by atoms with E-state index >= 15 is 0 Å². The van der Waals surface area contributed by atoms with Gasteiger partial charge in [-0.15, -0.1) is 0 Å². The molecule has 0 saturated carbocycles. The summed E-state index contributed by atoms with van der Waals surface area (Å²) in [6.07, 6.45) is 0.969. The van der Waals surface area contributed by atoms with E-state index < -0.39 is 0 Å². The molecular formula is C20H34N4O4. The van der Waals surface area contributed by atoms with Gasteiger partial charge >= 0.3 is 0 Å². The van der Waals surface area contributed by atoms with Crippen LogP contribution >= 0.6 is 0 Å². The minimum Gasteiger partial charge on any atom is -0.493 e. The summed E-state index contributed by atoms with van der Waals surface area (Å²) in [7, 11) is 8.47. The first-order chi connectivity index (χ1) is 13.7. The highest BCUT2D eigenvalue weighted by Crippen LogP contribution is 2.38. The standard InChI is InChI=1S/C20H34N4O4/c1-21-20(22-7-6-12-25-2)24-10-8-23(9-11-24)15-16-13-17(26-3)19(28-5)18(14-16)27-4/h13-14H,6-12,15H2,1-5H3,(H,21,22). The molecule has 1 N–H and O–H groups in total. The molecule has 158 valence electrons. The molecule has 0 spiro atoms. The molecule has 0 unspecified atom stereocenters. The van der Waals surface area contributed by atoms with Crippen LogP contribution in [0.25, 0.3) is 0 Å². The Balaban J connectivity index is 1.91. The highest BCUT2D eigenvalue weighted by molar-refractivity contribution is 5.79. The van der Waals surface area contributed by atoms with E-state index in [1.807, 2.05) is 19.2 Å². The number of piperazine rings is 1. The zero-order valence-electron chi connectivity index (χ0n) is 17.8. The number of rotatable bonds is 9. The van der Waals surface area contributed by atoms with Crippen molar-refractivity contribution in [2.75, 3.05) is 74.8 Å². The molecule has 1 saturated heterocycles. The van der Waals surface area contributed by atoms with E-state index in [2.05, 4.69) is 20.1 Å². The minimum atomic E-state index is 0.627. The Morgan fingerprint density at radius 1 is 1.00 bits per heavy atom. The van der Waals surface area contributed by atoms with Gasteiger partial charge in [-0.3, -0.25) is 9.89 Å². The van der Waals surface area contributed by atoms with Crippen molar-refractivity contribution >= 4 is 5.96 Å². The number of nitrogens with one attached hydrogen (secondary N) is 1. The van der Waals surface area contributed by atoms with Gasteiger partial charge < -0.3 is 29.2 Å². The van der Waals surface area contributed by atoms with Gasteiger partial charge in [-0.2, -0.15) is 0 Å². The maximum absolute atomic E-state index is 5.46. The van der Waals surface area contributed by atoms with E-state index in [-0.39, 0.29) is 0 Å². The van der Waals surface area contributed by atoms with Crippen LogP contribution in [0.4, 0.5) is 0 Å². The normalized spacial score (nSPS) is 15.5. The highest BCUT2D eigenvalue weighted by atomic mass is 16.5. The van der Waals surface area contributed by atoms with Gasteiger partial charge in [0, 0.05) is 60.0 Å². The van der Waals surface area contributed by atoms with E-state index in [0.29, 0.717) is 17.2 Å². The van der Waals surface area contributed by atoms with Crippen LogP contribution in [-0.2, 0) is 11.3 Å². The summed E-state index contributed by atoms with van der Waals surface area (Å²) in [6, 6.07) is 4.04. The fourth-order valence-electron chi connectivity index (χ4n) is 3.35. The number of methoxy groups -OCH3 is 4. The molecule has 0 aliphatic carbocycles. The maximum atomic E-state index is 5.46. The van der Waals surface area contributed by atoms with Gasteiger partial charge in [0.1, 0.15) is 0 Å². The van der Waals surface area contributed by atoms with Crippen molar-refractivity contribution < 1.29 is 18.9 Å². The average Bonchev–Trinajstić information content (AvgIpc) is 2.74. The first kappa shape index (κ1) is 22.1.